The first-order chi connectivity index (χ1) is 24.6. The number of allylic oxidation sites excluding steroid dienone is 4. The minimum atomic E-state index is -4.71. The average Bonchev–Trinajstić information content (AvgIpc) is 3.10. The molecule has 0 radical (unpaired) electrons. The quantitative estimate of drug-likeness (QED) is 0.0239. The van der Waals surface area contributed by atoms with Crippen LogP contribution in [-0.2, 0) is 37.5 Å². The molecule has 0 aliphatic rings. The van der Waals surface area contributed by atoms with Crippen LogP contribution in [0.2, 0.25) is 0 Å². The summed E-state index contributed by atoms with van der Waals surface area (Å²) in [5, 5.41) is 8.86. The van der Waals surface area contributed by atoms with E-state index in [9.17, 15) is 23.8 Å². The Morgan fingerprint density at radius 3 is 1.49 bits per heavy atom. The van der Waals surface area contributed by atoms with E-state index in [1.54, 1.807) is 0 Å². The van der Waals surface area contributed by atoms with Gasteiger partial charge in [0.25, 0.3) is 0 Å². The maximum atomic E-state index is 12.6. The lowest BCUT2D eigenvalue weighted by molar-refractivity contribution is -0.161. The Balaban J connectivity index is 4.45. The molecule has 12 heteroatoms. The van der Waals surface area contributed by atoms with Gasteiger partial charge in [0, 0.05) is 12.8 Å². The van der Waals surface area contributed by atoms with Crippen LogP contribution in [0.4, 0.5) is 0 Å². The fourth-order valence-electron chi connectivity index (χ4n) is 5.23. The third kappa shape index (κ3) is 34.8. The molecule has 51 heavy (non-hydrogen) atoms. The highest BCUT2D eigenvalue weighted by Gasteiger charge is 2.28. The van der Waals surface area contributed by atoms with Gasteiger partial charge < -0.3 is 25.2 Å². The molecule has 0 spiro atoms. The molecule has 0 amide bonds. The molecule has 0 saturated heterocycles. The van der Waals surface area contributed by atoms with Crippen molar-refractivity contribution in [3.63, 3.8) is 0 Å². The zero-order chi connectivity index (χ0) is 37.8. The number of esters is 2. The van der Waals surface area contributed by atoms with Gasteiger partial charge in [0.2, 0.25) is 0 Å². The lowest BCUT2D eigenvalue weighted by atomic mass is 10.1. The van der Waals surface area contributed by atoms with E-state index in [1.165, 1.54) is 70.6 Å². The summed E-state index contributed by atoms with van der Waals surface area (Å²) in [5.41, 5.74) is 5.32. The van der Waals surface area contributed by atoms with Gasteiger partial charge in [-0.2, -0.15) is 0 Å². The van der Waals surface area contributed by atoms with Gasteiger partial charge >= 0.3 is 25.7 Å². The van der Waals surface area contributed by atoms with Crippen molar-refractivity contribution in [2.75, 3.05) is 19.8 Å². The predicted octanol–water partition coefficient (Wildman–Crippen LogP) is 9.89. The van der Waals surface area contributed by atoms with Gasteiger partial charge in [0.05, 0.1) is 13.2 Å². The summed E-state index contributed by atoms with van der Waals surface area (Å²) in [7, 11) is -4.71. The Morgan fingerprint density at radius 2 is 0.980 bits per heavy atom. The summed E-state index contributed by atoms with van der Waals surface area (Å²) in [6, 6.07) is -1.52. The summed E-state index contributed by atoms with van der Waals surface area (Å²) in [5.74, 6) is -2.41. The number of unbranched alkanes of at least 4 members (excludes halogenated alkanes) is 19. The molecule has 0 fully saturated rings. The van der Waals surface area contributed by atoms with Crippen molar-refractivity contribution in [3.05, 3.63) is 24.3 Å². The third-order valence-corrected chi connectivity index (χ3v) is 9.37. The molecule has 1 unspecified atom stereocenters. The van der Waals surface area contributed by atoms with Gasteiger partial charge in [-0.1, -0.05) is 122 Å². The Morgan fingerprint density at radius 1 is 0.588 bits per heavy atom. The van der Waals surface area contributed by atoms with Gasteiger partial charge in [-0.05, 0) is 64.2 Å². The topological polar surface area (TPSA) is 172 Å². The summed E-state index contributed by atoms with van der Waals surface area (Å²) >= 11 is 0. The van der Waals surface area contributed by atoms with Crippen LogP contribution in [0.25, 0.3) is 0 Å². The number of rotatable bonds is 37. The van der Waals surface area contributed by atoms with Crippen molar-refractivity contribution in [2.45, 2.75) is 187 Å². The van der Waals surface area contributed by atoms with Crippen LogP contribution in [0, 0.1) is 0 Å². The molecule has 0 aliphatic carbocycles. The lowest BCUT2D eigenvalue weighted by Crippen LogP contribution is -2.34. The Bertz CT molecular complexity index is 974. The van der Waals surface area contributed by atoms with E-state index in [4.69, 9.17) is 24.8 Å². The summed E-state index contributed by atoms with van der Waals surface area (Å²) < 4.78 is 32.5. The first kappa shape index (κ1) is 49.0. The number of hydrogen-bond donors (Lipinski definition) is 3. The highest BCUT2D eigenvalue weighted by molar-refractivity contribution is 7.47. The molecule has 0 rings (SSSR count). The SMILES string of the molecule is CCCCC/C=C/CCCCCCCC(=O)OC[C@H](COP(=O)(O)OC[C@H](N)C(=O)O)OC(=O)CCCCC/C=C/CCCCCCCCCC. The molecule has 0 aromatic heterocycles. The standard InChI is InChI=1S/C39H72NO10P/c1-3-5-7-9-11-13-15-17-18-19-21-23-25-27-29-31-38(42)50-35(33-48-51(45,46)49-34-36(40)39(43)44)32-47-37(41)30-28-26-24-22-20-16-14-12-10-8-6-4-2/h12,14,19,21,35-36H,3-11,13,15-18,20,22-34,40H2,1-2H3,(H,43,44)(H,45,46)/b14-12+,21-19+/t35-,36+/m1/s1. The summed E-state index contributed by atoms with van der Waals surface area (Å²) in [6.07, 6.45) is 33.9. The van der Waals surface area contributed by atoms with Crippen LogP contribution >= 0.6 is 7.82 Å². The van der Waals surface area contributed by atoms with E-state index in [0.29, 0.717) is 12.8 Å². The first-order valence-corrected chi connectivity index (χ1v) is 21.4. The zero-order valence-electron chi connectivity index (χ0n) is 31.9. The van der Waals surface area contributed by atoms with Gasteiger partial charge in [0.15, 0.2) is 6.10 Å². The van der Waals surface area contributed by atoms with Crippen LogP contribution in [-0.4, -0.2) is 59.9 Å². The van der Waals surface area contributed by atoms with Crippen molar-refractivity contribution in [1.82, 2.24) is 0 Å². The second-order valence-electron chi connectivity index (χ2n) is 13.4. The molecule has 0 bridgehead atoms. The lowest BCUT2D eigenvalue weighted by Gasteiger charge is -2.20. The predicted molar refractivity (Wildman–Crippen MR) is 203 cm³/mol. The molecule has 0 aliphatic heterocycles. The van der Waals surface area contributed by atoms with Gasteiger partial charge in [-0.25, -0.2) is 4.57 Å². The van der Waals surface area contributed by atoms with Crippen LogP contribution in [0.1, 0.15) is 174 Å². The number of carboxylic acid groups (broad SMARTS) is 1. The molecule has 3 atom stereocenters. The number of aliphatic carboxylic acids is 1. The Kier molecular flexibility index (Phi) is 33.6. The normalized spacial score (nSPS) is 14.1. The smallest absolute Gasteiger partial charge is 0.472 e. The number of ether oxygens (including phenoxy) is 2. The number of phosphoric acid groups is 1. The van der Waals surface area contributed by atoms with E-state index in [1.807, 2.05) is 0 Å². The number of phosphoric ester groups is 1. The van der Waals surface area contributed by atoms with Crippen molar-refractivity contribution in [2.24, 2.45) is 5.73 Å². The molecule has 4 N–H and O–H groups in total. The number of carboxylic acids is 1. The minimum Gasteiger partial charge on any atom is -0.480 e. The molecule has 0 aromatic carbocycles. The van der Waals surface area contributed by atoms with E-state index >= 15 is 0 Å². The van der Waals surface area contributed by atoms with Crippen molar-refractivity contribution in [1.29, 1.82) is 0 Å². The second kappa shape index (κ2) is 35.0. The van der Waals surface area contributed by atoms with Gasteiger partial charge in [-0.15, -0.1) is 0 Å². The van der Waals surface area contributed by atoms with Crippen molar-refractivity contribution >= 4 is 25.7 Å². The molecular weight excluding hydrogens is 673 g/mol. The molecule has 0 heterocycles. The van der Waals surface area contributed by atoms with Crippen molar-refractivity contribution < 1.29 is 47.5 Å². The van der Waals surface area contributed by atoms with E-state index in [-0.39, 0.29) is 19.4 Å². The Hall–Kier alpha value is -2.04. The summed E-state index contributed by atoms with van der Waals surface area (Å²) in [4.78, 5) is 45.7. The number of carbonyl (C=O) groups is 3. The molecule has 0 aromatic rings. The number of carbonyl (C=O) groups excluding carboxylic acids is 2. The van der Waals surface area contributed by atoms with E-state index in [0.717, 1.165) is 64.2 Å². The fraction of sp³-hybridized carbons (Fsp3) is 0.821. The molecule has 11 nitrogen and oxygen atoms in total. The highest BCUT2D eigenvalue weighted by Crippen LogP contribution is 2.43. The highest BCUT2D eigenvalue weighted by atomic mass is 31.2. The van der Waals surface area contributed by atoms with Crippen LogP contribution in [0.15, 0.2) is 24.3 Å². The second-order valence-corrected chi connectivity index (χ2v) is 14.9. The molecular formula is C39H72NO10P. The van der Waals surface area contributed by atoms with Crippen LogP contribution in [0.5, 0.6) is 0 Å². The van der Waals surface area contributed by atoms with Crippen LogP contribution in [0.3, 0.4) is 0 Å². The van der Waals surface area contributed by atoms with Crippen molar-refractivity contribution in [3.8, 4) is 0 Å². The van der Waals surface area contributed by atoms with Gasteiger partial charge in [-0.3, -0.25) is 23.4 Å². The summed E-state index contributed by atoms with van der Waals surface area (Å²) in [6.45, 7) is 2.74. The molecule has 298 valence electrons. The average molecular weight is 746 g/mol. The maximum Gasteiger partial charge on any atom is 0.472 e. The number of nitrogens with two attached hydrogens (primary N) is 1. The number of hydrogen-bond acceptors (Lipinski definition) is 9. The Labute approximate surface area is 309 Å². The zero-order valence-corrected chi connectivity index (χ0v) is 32.8. The minimum absolute atomic E-state index is 0.141. The van der Waals surface area contributed by atoms with Crippen LogP contribution < -0.4 is 5.73 Å². The van der Waals surface area contributed by atoms with Gasteiger partial charge in [0.1, 0.15) is 12.6 Å². The maximum absolute atomic E-state index is 12.6. The molecule has 0 saturated carbocycles. The van der Waals surface area contributed by atoms with E-state index in [2.05, 4.69) is 42.7 Å². The monoisotopic (exact) mass is 745 g/mol. The first-order valence-electron chi connectivity index (χ1n) is 19.9. The third-order valence-electron chi connectivity index (χ3n) is 8.42. The fourth-order valence-corrected chi connectivity index (χ4v) is 6.01. The van der Waals surface area contributed by atoms with E-state index < -0.39 is 51.1 Å². The largest absolute Gasteiger partial charge is 0.480 e.